The van der Waals surface area contributed by atoms with Gasteiger partial charge in [0.15, 0.2) is 0 Å². The highest BCUT2D eigenvalue weighted by molar-refractivity contribution is 7.89. The van der Waals surface area contributed by atoms with Gasteiger partial charge in [0.05, 0.1) is 12.0 Å². The maximum Gasteiger partial charge on any atom is 0.241 e. The molecule has 106 valence electrons. The van der Waals surface area contributed by atoms with E-state index in [0.29, 0.717) is 34.6 Å². The monoisotopic (exact) mass is 284 g/mol. The molecular weight excluding hydrogens is 264 g/mol. The molecule has 0 radical (unpaired) electrons. The lowest BCUT2D eigenvalue weighted by atomic mass is 9.89. The van der Waals surface area contributed by atoms with Crippen LogP contribution in [0.3, 0.4) is 0 Å². The molecule has 0 unspecified atom stereocenters. The van der Waals surface area contributed by atoms with E-state index in [9.17, 15) is 8.42 Å². The molecule has 0 aliphatic heterocycles. The lowest BCUT2D eigenvalue weighted by molar-refractivity contribution is 0.327. The zero-order chi connectivity index (χ0) is 14.2. The molecule has 1 aliphatic rings. The fourth-order valence-corrected chi connectivity index (χ4v) is 4.20. The standard InChI is InChI=1S/C13H20N2O3S/c1-8-4-12(18-3)5-9(2)13(8)19(16,17)15-11-6-10(14)7-11/h4-5,10-11,15H,6-7,14H2,1-3H3. The number of hydrogen-bond donors (Lipinski definition) is 2. The van der Waals surface area contributed by atoms with E-state index in [2.05, 4.69) is 4.72 Å². The number of methoxy groups -OCH3 is 1. The van der Waals surface area contributed by atoms with Crippen LogP contribution in [-0.4, -0.2) is 27.6 Å². The van der Waals surface area contributed by atoms with E-state index in [1.54, 1.807) is 33.1 Å². The van der Waals surface area contributed by atoms with E-state index in [-0.39, 0.29) is 12.1 Å². The molecular formula is C13H20N2O3S. The minimum atomic E-state index is -3.49. The highest BCUT2D eigenvalue weighted by Gasteiger charge is 2.31. The van der Waals surface area contributed by atoms with Gasteiger partial charge in [0.1, 0.15) is 5.75 Å². The maximum atomic E-state index is 12.4. The minimum absolute atomic E-state index is 0.0408. The molecule has 1 aromatic rings. The summed E-state index contributed by atoms with van der Waals surface area (Å²) in [4.78, 5) is 0.341. The Morgan fingerprint density at radius 3 is 2.21 bits per heavy atom. The van der Waals surface area contributed by atoms with E-state index in [1.165, 1.54) is 0 Å². The van der Waals surface area contributed by atoms with Crippen molar-refractivity contribution in [1.82, 2.24) is 4.72 Å². The smallest absolute Gasteiger partial charge is 0.241 e. The quantitative estimate of drug-likeness (QED) is 0.867. The molecule has 0 spiro atoms. The zero-order valence-electron chi connectivity index (χ0n) is 11.4. The van der Waals surface area contributed by atoms with Crippen molar-refractivity contribution in [3.05, 3.63) is 23.3 Å². The van der Waals surface area contributed by atoms with Gasteiger partial charge >= 0.3 is 0 Å². The molecule has 0 saturated heterocycles. The maximum absolute atomic E-state index is 12.4. The summed E-state index contributed by atoms with van der Waals surface area (Å²) in [7, 11) is -1.93. The van der Waals surface area contributed by atoms with Crippen LogP contribution in [0.2, 0.25) is 0 Å². The largest absolute Gasteiger partial charge is 0.497 e. The number of nitrogens with two attached hydrogens (primary N) is 1. The van der Waals surface area contributed by atoms with E-state index in [1.807, 2.05) is 0 Å². The number of aryl methyl sites for hydroxylation is 2. The summed E-state index contributed by atoms with van der Waals surface area (Å²) in [5, 5.41) is 0. The second kappa shape index (κ2) is 5.11. The normalized spacial score (nSPS) is 22.9. The lowest BCUT2D eigenvalue weighted by Gasteiger charge is -2.33. The van der Waals surface area contributed by atoms with Crippen molar-refractivity contribution in [2.75, 3.05) is 7.11 Å². The number of nitrogens with one attached hydrogen (secondary N) is 1. The molecule has 19 heavy (non-hydrogen) atoms. The second-order valence-corrected chi connectivity index (χ2v) is 6.79. The van der Waals surface area contributed by atoms with Gasteiger partial charge in [-0.2, -0.15) is 0 Å². The van der Waals surface area contributed by atoms with Gasteiger partial charge in [0, 0.05) is 12.1 Å². The van der Waals surface area contributed by atoms with Crippen molar-refractivity contribution >= 4 is 10.0 Å². The van der Waals surface area contributed by atoms with Crippen molar-refractivity contribution in [3.8, 4) is 5.75 Å². The van der Waals surface area contributed by atoms with Crippen molar-refractivity contribution < 1.29 is 13.2 Å². The van der Waals surface area contributed by atoms with E-state index in [0.717, 1.165) is 0 Å². The summed E-state index contributed by atoms with van der Waals surface area (Å²) in [6, 6.07) is 3.54. The van der Waals surface area contributed by atoms with Crippen molar-refractivity contribution in [2.45, 2.75) is 43.7 Å². The summed E-state index contributed by atoms with van der Waals surface area (Å²) < 4.78 is 32.6. The molecule has 2 rings (SSSR count). The average Bonchev–Trinajstić information content (AvgIpc) is 2.25. The SMILES string of the molecule is COc1cc(C)c(S(=O)(=O)NC2CC(N)C2)c(C)c1. The van der Waals surface area contributed by atoms with Crippen molar-refractivity contribution in [1.29, 1.82) is 0 Å². The molecule has 1 aromatic carbocycles. The molecule has 3 N–H and O–H groups in total. The molecule has 0 atom stereocenters. The molecule has 0 bridgehead atoms. The van der Waals surface area contributed by atoms with Crippen molar-refractivity contribution in [3.63, 3.8) is 0 Å². The van der Waals surface area contributed by atoms with Crippen LogP contribution in [0.25, 0.3) is 0 Å². The highest BCUT2D eigenvalue weighted by atomic mass is 32.2. The first-order chi connectivity index (χ1) is 8.83. The highest BCUT2D eigenvalue weighted by Crippen LogP contribution is 2.27. The summed E-state index contributed by atoms with van der Waals surface area (Å²) in [6.45, 7) is 3.55. The number of rotatable bonds is 4. The molecule has 1 aliphatic carbocycles. The third kappa shape index (κ3) is 2.91. The fourth-order valence-electron chi connectivity index (χ4n) is 2.49. The van der Waals surface area contributed by atoms with E-state index < -0.39 is 10.0 Å². The molecule has 1 fully saturated rings. The van der Waals surface area contributed by atoms with E-state index in [4.69, 9.17) is 10.5 Å². The van der Waals surface area contributed by atoms with Gasteiger partial charge in [-0.3, -0.25) is 0 Å². The Morgan fingerprint density at radius 1 is 1.26 bits per heavy atom. The topological polar surface area (TPSA) is 81.4 Å². The van der Waals surface area contributed by atoms with Gasteiger partial charge in [0.2, 0.25) is 10.0 Å². The summed E-state index contributed by atoms with van der Waals surface area (Å²) in [5.74, 6) is 0.666. The van der Waals surface area contributed by atoms with Gasteiger partial charge in [-0.15, -0.1) is 0 Å². The number of sulfonamides is 1. The van der Waals surface area contributed by atoms with Gasteiger partial charge in [-0.25, -0.2) is 13.1 Å². The molecule has 6 heteroatoms. The summed E-state index contributed by atoms with van der Waals surface area (Å²) >= 11 is 0. The molecule has 5 nitrogen and oxygen atoms in total. The molecule has 0 amide bonds. The number of hydrogen-bond acceptors (Lipinski definition) is 4. The Labute approximate surface area is 114 Å². The van der Waals surface area contributed by atoms with Crippen LogP contribution >= 0.6 is 0 Å². The third-order valence-corrected chi connectivity index (χ3v) is 5.26. The van der Waals surface area contributed by atoms with Crippen LogP contribution in [0.15, 0.2) is 17.0 Å². The van der Waals surface area contributed by atoms with Gasteiger partial charge in [0.25, 0.3) is 0 Å². The Balaban J connectivity index is 2.30. The van der Waals surface area contributed by atoms with Gasteiger partial charge in [-0.1, -0.05) is 0 Å². The Hall–Kier alpha value is -1.11. The molecule has 0 aromatic heterocycles. The van der Waals surface area contributed by atoms with Crippen LogP contribution < -0.4 is 15.2 Å². The van der Waals surface area contributed by atoms with Crippen LogP contribution in [0, 0.1) is 13.8 Å². The Bertz CT molecular complexity index is 555. The Morgan fingerprint density at radius 2 is 1.79 bits per heavy atom. The molecule has 1 saturated carbocycles. The predicted molar refractivity (Wildman–Crippen MR) is 73.8 cm³/mol. The summed E-state index contributed by atoms with van der Waals surface area (Å²) in [5.41, 5.74) is 7.05. The third-order valence-electron chi connectivity index (χ3n) is 3.43. The summed E-state index contributed by atoms with van der Waals surface area (Å²) in [6.07, 6.45) is 1.40. The lowest BCUT2D eigenvalue weighted by Crippen LogP contribution is -2.50. The fraction of sp³-hybridized carbons (Fsp3) is 0.538. The van der Waals surface area contributed by atoms with Gasteiger partial charge < -0.3 is 10.5 Å². The second-order valence-electron chi connectivity index (χ2n) is 5.14. The van der Waals surface area contributed by atoms with E-state index >= 15 is 0 Å². The van der Waals surface area contributed by atoms with Gasteiger partial charge in [-0.05, 0) is 49.9 Å². The van der Waals surface area contributed by atoms with Crippen LogP contribution in [0.4, 0.5) is 0 Å². The Kier molecular flexibility index (Phi) is 3.85. The average molecular weight is 284 g/mol. The first-order valence-corrected chi connectivity index (χ1v) is 7.75. The number of ether oxygens (including phenoxy) is 1. The van der Waals surface area contributed by atoms with Crippen LogP contribution in [0.1, 0.15) is 24.0 Å². The first kappa shape index (κ1) is 14.3. The first-order valence-electron chi connectivity index (χ1n) is 6.26. The predicted octanol–water partition coefficient (Wildman–Crippen LogP) is 1.08. The zero-order valence-corrected chi connectivity index (χ0v) is 12.3. The van der Waals surface area contributed by atoms with Crippen LogP contribution in [-0.2, 0) is 10.0 Å². The molecule has 0 heterocycles. The van der Waals surface area contributed by atoms with Crippen molar-refractivity contribution in [2.24, 2.45) is 5.73 Å². The number of benzene rings is 1. The minimum Gasteiger partial charge on any atom is -0.497 e. The van der Waals surface area contributed by atoms with Crippen LogP contribution in [0.5, 0.6) is 5.75 Å².